The molecule has 0 unspecified atom stereocenters. The van der Waals surface area contributed by atoms with Crippen molar-refractivity contribution in [2.75, 3.05) is 6.61 Å². The van der Waals surface area contributed by atoms with Crippen molar-refractivity contribution in [1.82, 2.24) is 4.57 Å². The molecule has 6 heteroatoms. The number of halogens is 1. The van der Waals surface area contributed by atoms with Crippen LogP contribution in [-0.4, -0.2) is 22.9 Å². The first-order chi connectivity index (χ1) is 12.9. The molecule has 27 heavy (non-hydrogen) atoms. The molecule has 0 saturated heterocycles. The topological polar surface area (TPSA) is 74.3 Å². The van der Waals surface area contributed by atoms with Crippen LogP contribution in [0.4, 0.5) is 0 Å². The maximum Gasteiger partial charge on any atom is 0.252 e. The number of ketones is 1. The Balaban J connectivity index is 1.83. The van der Waals surface area contributed by atoms with Crippen LogP contribution >= 0.6 is 15.9 Å². The maximum absolute atomic E-state index is 12.7. The molecule has 0 aliphatic rings. The number of amides is 1. The van der Waals surface area contributed by atoms with E-state index in [1.165, 1.54) is 0 Å². The summed E-state index contributed by atoms with van der Waals surface area (Å²) in [6.45, 7) is 3.68. The minimum atomic E-state index is -0.591. The standard InChI is InChI=1S/C21H19BrN2O3/c1-13-11-18(14(2)24(13)16-9-7-15(22)8-10-16)19(25)12-27-20-6-4-3-5-17(20)21(23)26/h3-11H,12H2,1-2H3,(H2,23,26). The van der Waals surface area contributed by atoms with Gasteiger partial charge in [0, 0.05) is 27.1 Å². The van der Waals surface area contributed by atoms with Gasteiger partial charge in [-0.15, -0.1) is 0 Å². The fourth-order valence-electron chi connectivity index (χ4n) is 3.05. The highest BCUT2D eigenvalue weighted by atomic mass is 79.9. The third kappa shape index (κ3) is 3.95. The fraction of sp³-hybridized carbons (Fsp3) is 0.143. The average molecular weight is 427 g/mol. The van der Waals surface area contributed by atoms with Gasteiger partial charge in [0.05, 0.1) is 5.56 Å². The van der Waals surface area contributed by atoms with Gasteiger partial charge in [0.1, 0.15) is 5.75 Å². The smallest absolute Gasteiger partial charge is 0.252 e. The molecule has 0 bridgehead atoms. The Kier molecular flexibility index (Phi) is 5.46. The van der Waals surface area contributed by atoms with Crippen molar-refractivity contribution < 1.29 is 14.3 Å². The molecule has 0 radical (unpaired) electrons. The molecule has 0 atom stereocenters. The molecule has 0 aliphatic heterocycles. The summed E-state index contributed by atoms with van der Waals surface area (Å²) in [5.41, 5.74) is 8.96. The summed E-state index contributed by atoms with van der Waals surface area (Å²) >= 11 is 3.43. The summed E-state index contributed by atoms with van der Waals surface area (Å²) in [5, 5.41) is 0. The number of hydrogen-bond acceptors (Lipinski definition) is 3. The van der Waals surface area contributed by atoms with E-state index in [1.807, 2.05) is 48.7 Å². The predicted octanol–water partition coefficient (Wildman–Crippen LogP) is 4.22. The Morgan fingerprint density at radius 3 is 2.37 bits per heavy atom. The van der Waals surface area contributed by atoms with Crippen molar-refractivity contribution in [2.45, 2.75) is 13.8 Å². The molecular weight excluding hydrogens is 408 g/mol. The summed E-state index contributed by atoms with van der Waals surface area (Å²) in [7, 11) is 0. The van der Waals surface area contributed by atoms with E-state index >= 15 is 0 Å². The van der Waals surface area contributed by atoms with E-state index in [4.69, 9.17) is 10.5 Å². The summed E-state index contributed by atoms with van der Waals surface area (Å²) in [6.07, 6.45) is 0. The zero-order valence-corrected chi connectivity index (χ0v) is 16.6. The number of carbonyl (C=O) groups excluding carboxylic acids is 2. The minimum absolute atomic E-state index is 0.161. The Morgan fingerprint density at radius 1 is 1.04 bits per heavy atom. The SMILES string of the molecule is Cc1cc(C(=O)COc2ccccc2C(N)=O)c(C)n1-c1ccc(Br)cc1. The van der Waals surface area contributed by atoms with Crippen LogP contribution in [0.5, 0.6) is 5.75 Å². The molecule has 5 nitrogen and oxygen atoms in total. The Bertz CT molecular complexity index is 1010. The molecule has 2 aromatic carbocycles. The van der Waals surface area contributed by atoms with Crippen molar-refractivity contribution in [3.8, 4) is 11.4 Å². The lowest BCUT2D eigenvalue weighted by atomic mass is 10.1. The predicted molar refractivity (Wildman–Crippen MR) is 108 cm³/mol. The first-order valence-corrected chi connectivity index (χ1v) is 9.17. The molecule has 0 saturated carbocycles. The fourth-order valence-corrected chi connectivity index (χ4v) is 3.31. The minimum Gasteiger partial charge on any atom is -0.485 e. The number of rotatable bonds is 6. The van der Waals surface area contributed by atoms with Gasteiger partial charge >= 0.3 is 0 Å². The summed E-state index contributed by atoms with van der Waals surface area (Å²) in [4.78, 5) is 24.2. The van der Waals surface area contributed by atoms with E-state index in [-0.39, 0.29) is 18.0 Å². The highest BCUT2D eigenvalue weighted by Crippen LogP contribution is 2.23. The zero-order valence-electron chi connectivity index (χ0n) is 15.0. The number of aromatic nitrogens is 1. The molecule has 138 valence electrons. The maximum atomic E-state index is 12.7. The zero-order chi connectivity index (χ0) is 19.6. The monoisotopic (exact) mass is 426 g/mol. The van der Waals surface area contributed by atoms with E-state index in [1.54, 1.807) is 24.3 Å². The number of hydrogen-bond donors (Lipinski definition) is 1. The molecule has 3 aromatic rings. The van der Waals surface area contributed by atoms with Crippen molar-refractivity contribution >= 4 is 27.6 Å². The van der Waals surface area contributed by atoms with Gasteiger partial charge in [0.25, 0.3) is 5.91 Å². The molecule has 0 aliphatic carbocycles. The number of aryl methyl sites for hydroxylation is 1. The lowest BCUT2D eigenvalue weighted by Gasteiger charge is -2.11. The molecule has 0 spiro atoms. The van der Waals surface area contributed by atoms with Gasteiger partial charge in [-0.2, -0.15) is 0 Å². The van der Waals surface area contributed by atoms with Gasteiger partial charge < -0.3 is 15.0 Å². The van der Waals surface area contributed by atoms with Crippen LogP contribution in [0.1, 0.15) is 32.1 Å². The van der Waals surface area contributed by atoms with E-state index in [9.17, 15) is 9.59 Å². The molecule has 1 heterocycles. The van der Waals surface area contributed by atoms with Crippen LogP contribution in [-0.2, 0) is 0 Å². The number of benzene rings is 2. The second-order valence-corrected chi connectivity index (χ2v) is 7.08. The Morgan fingerprint density at radius 2 is 1.70 bits per heavy atom. The van der Waals surface area contributed by atoms with Gasteiger partial charge in [-0.3, -0.25) is 9.59 Å². The second kappa shape index (κ2) is 7.80. The van der Waals surface area contributed by atoms with Gasteiger partial charge in [-0.25, -0.2) is 0 Å². The highest BCUT2D eigenvalue weighted by Gasteiger charge is 2.18. The summed E-state index contributed by atoms with van der Waals surface area (Å²) in [6, 6.07) is 16.4. The number of para-hydroxylation sites is 1. The van der Waals surface area contributed by atoms with Crippen molar-refractivity contribution in [2.24, 2.45) is 5.73 Å². The van der Waals surface area contributed by atoms with Crippen molar-refractivity contribution in [3.05, 3.63) is 81.6 Å². The summed E-state index contributed by atoms with van der Waals surface area (Å²) < 4.78 is 8.59. The van der Waals surface area contributed by atoms with E-state index < -0.39 is 5.91 Å². The van der Waals surface area contributed by atoms with E-state index in [0.717, 1.165) is 21.5 Å². The second-order valence-electron chi connectivity index (χ2n) is 6.17. The van der Waals surface area contributed by atoms with Crippen molar-refractivity contribution in [3.63, 3.8) is 0 Å². The average Bonchev–Trinajstić information content (AvgIpc) is 2.95. The third-order valence-corrected chi connectivity index (χ3v) is 4.86. The van der Waals surface area contributed by atoms with Gasteiger partial charge in [0.2, 0.25) is 5.78 Å². The molecule has 0 fully saturated rings. The Labute approximate surface area is 165 Å². The number of ether oxygens (including phenoxy) is 1. The third-order valence-electron chi connectivity index (χ3n) is 4.33. The lowest BCUT2D eigenvalue weighted by molar-refractivity contribution is 0.0911. The Hall–Kier alpha value is -2.86. The van der Waals surface area contributed by atoms with Crippen LogP contribution in [0, 0.1) is 13.8 Å². The first-order valence-electron chi connectivity index (χ1n) is 8.38. The van der Waals surface area contributed by atoms with Gasteiger partial charge in [-0.1, -0.05) is 28.1 Å². The van der Waals surface area contributed by atoms with Crippen molar-refractivity contribution in [1.29, 1.82) is 0 Å². The largest absolute Gasteiger partial charge is 0.485 e. The molecule has 1 aromatic heterocycles. The molecule has 3 rings (SSSR count). The molecule has 1 amide bonds. The highest BCUT2D eigenvalue weighted by molar-refractivity contribution is 9.10. The lowest BCUT2D eigenvalue weighted by Crippen LogP contribution is -2.17. The quantitative estimate of drug-likeness (QED) is 0.599. The van der Waals surface area contributed by atoms with Crippen LogP contribution < -0.4 is 10.5 Å². The number of primary amides is 1. The van der Waals surface area contributed by atoms with Crippen LogP contribution in [0.15, 0.2) is 59.1 Å². The normalized spacial score (nSPS) is 10.6. The number of nitrogens with zero attached hydrogens (tertiary/aromatic N) is 1. The van der Waals surface area contributed by atoms with Crippen LogP contribution in [0.3, 0.4) is 0 Å². The van der Waals surface area contributed by atoms with E-state index in [2.05, 4.69) is 15.9 Å². The first kappa shape index (κ1) is 18.9. The van der Waals surface area contributed by atoms with E-state index in [0.29, 0.717) is 11.3 Å². The van der Waals surface area contributed by atoms with Crippen LogP contribution in [0.2, 0.25) is 0 Å². The number of carbonyl (C=O) groups is 2. The molecular formula is C21H19BrN2O3. The molecule has 2 N–H and O–H groups in total. The van der Waals surface area contributed by atoms with Gasteiger partial charge in [0.15, 0.2) is 6.61 Å². The number of Topliss-reactive ketones (excluding diaryl/α,β-unsaturated/α-hetero) is 1. The number of nitrogens with two attached hydrogens (primary N) is 1. The summed E-state index contributed by atoms with van der Waals surface area (Å²) in [5.74, 6) is -0.447. The van der Waals surface area contributed by atoms with Gasteiger partial charge in [-0.05, 0) is 56.3 Å². The van der Waals surface area contributed by atoms with Crippen LogP contribution in [0.25, 0.3) is 5.69 Å².